The minimum absolute atomic E-state index is 0.190. The van der Waals surface area contributed by atoms with Crippen molar-refractivity contribution in [2.24, 2.45) is 28.6 Å². The van der Waals surface area contributed by atoms with E-state index in [4.69, 9.17) is 0 Å². The lowest BCUT2D eigenvalue weighted by atomic mass is 9.50. The molecule has 3 fully saturated rings. The van der Waals surface area contributed by atoms with Gasteiger partial charge < -0.3 is 15.3 Å². The summed E-state index contributed by atoms with van der Waals surface area (Å²) in [6.07, 6.45) is 10.8. The number of hydrogen-bond acceptors (Lipinski definition) is 4. The quantitative estimate of drug-likeness (QED) is 0.564. The molecule has 3 nitrogen and oxygen atoms in total. The fourth-order valence-electron chi connectivity index (χ4n) is 6.98. The average Bonchev–Trinajstić information content (AvgIpc) is 2.96. The summed E-state index contributed by atoms with van der Waals surface area (Å²) in [6, 6.07) is 0. The van der Waals surface area contributed by atoms with Crippen LogP contribution < -0.4 is 0 Å². The molecule has 4 aliphatic rings. The Morgan fingerprint density at radius 2 is 1.86 bits per heavy atom. The van der Waals surface area contributed by atoms with Crippen molar-refractivity contribution in [1.29, 1.82) is 0 Å². The Balaban J connectivity index is 1.50. The molecule has 0 aliphatic heterocycles. The van der Waals surface area contributed by atoms with Crippen LogP contribution in [0.3, 0.4) is 0 Å². The van der Waals surface area contributed by atoms with Gasteiger partial charge in [-0.1, -0.05) is 37.1 Å². The summed E-state index contributed by atoms with van der Waals surface area (Å²) in [6.45, 7) is 8.58. The Morgan fingerprint density at radius 1 is 1.10 bits per heavy atom. The second-order valence-corrected chi connectivity index (χ2v) is 12.5. The third-order valence-electron chi connectivity index (χ3n) is 9.02. The highest BCUT2D eigenvalue weighted by atomic mass is 32.2. The first-order valence-corrected chi connectivity index (χ1v) is 12.8. The van der Waals surface area contributed by atoms with E-state index in [9.17, 15) is 15.3 Å². The number of thioether (sulfide) groups is 1. The molecule has 164 valence electrons. The van der Waals surface area contributed by atoms with E-state index >= 15 is 0 Å². The van der Waals surface area contributed by atoms with Crippen molar-refractivity contribution in [3.05, 3.63) is 23.3 Å². The zero-order chi connectivity index (χ0) is 21.0. The summed E-state index contributed by atoms with van der Waals surface area (Å²) in [7, 11) is 0. The summed E-state index contributed by atoms with van der Waals surface area (Å²) in [5, 5.41) is 31.1. The van der Waals surface area contributed by atoms with E-state index in [-0.39, 0.29) is 5.41 Å². The molecule has 0 unspecified atom stereocenters. The SMILES string of the molecule is CC(C)(O)CCSC[C@H]1CC[C@H]2C3=CC=C4C[C@@H](O)C[C@H](O)[C@]4(C)[C@H]3CC[C@]12C. The van der Waals surface area contributed by atoms with Crippen LogP contribution in [0.5, 0.6) is 0 Å². The van der Waals surface area contributed by atoms with Gasteiger partial charge >= 0.3 is 0 Å². The summed E-state index contributed by atoms with van der Waals surface area (Å²) < 4.78 is 0. The van der Waals surface area contributed by atoms with Crippen LogP contribution in [0.25, 0.3) is 0 Å². The zero-order valence-electron chi connectivity index (χ0n) is 18.7. The van der Waals surface area contributed by atoms with Gasteiger partial charge in [0.25, 0.3) is 0 Å². The molecule has 0 radical (unpaired) electrons. The molecular weight excluding hydrogens is 380 g/mol. The van der Waals surface area contributed by atoms with Gasteiger partial charge in [0, 0.05) is 11.8 Å². The number of aliphatic hydroxyl groups is 3. The highest BCUT2D eigenvalue weighted by Gasteiger charge is 2.58. The van der Waals surface area contributed by atoms with E-state index in [1.165, 1.54) is 30.6 Å². The van der Waals surface area contributed by atoms with Crippen LogP contribution in [0.15, 0.2) is 23.3 Å². The zero-order valence-corrected chi connectivity index (χ0v) is 19.5. The Kier molecular flexibility index (Phi) is 5.81. The maximum atomic E-state index is 11.0. The first-order valence-electron chi connectivity index (χ1n) is 11.6. The summed E-state index contributed by atoms with van der Waals surface area (Å²) in [5.74, 6) is 4.05. The van der Waals surface area contributed by atoms with Crippen molar-refractivity contribution in [3.8, 4) is 0 Å². The van der Waals surface area contributed by atoms with Gasteiger partial charge in [0.1, 0.15) is 0 Å². The van der Waals surface area contributed by atoms with Gasteiger partial charge in [0.15, 0.2) is 0 Å². The molecule has 0 aromatic rings. The van der Waals surface area contributed by atoms with E-state index in [1.807, 2.05) is 25.6 Å². The molecule has 0 spiro atoms. The highest BCUT2D eigenvalue weighted by molar-refractivity contribution is 7.99. The van der Waals surface area contributed by atoms with Gasteiger partial charge in [-0.25, -0.2) is 0 Å². The number of hydrogen-bond donors (Lipinski definition) is 3. The first kappa shape index (κ1) is 21.9. The topological polar surface area (TPSA) is 60.7 Å². The van der Waals surface area contributed by atoms with Crippen molar-refractivity contribution >= 4 is 11.8 Å². The Hall–Kier alpha value is -0.290. The van der Waals surface area contributed by atoms with Gasteiger partial charge in [-0.15, -0.1) is 0 Å². The molecule has 7 atom stereocenters. The Morgan fingerprint density at radius 3 is 2.59 bits per heavy atom. The van der Waals surface area contributed by atoms with Crippen molar-refractivity contribution in [2.45, 2.75) is 90.4 Å². The molecule has 0 saturated heterocycles. The van der Waals surface area contributed by atoms with Crippen molar-refractivity contribution < 1.29 is 15.3 Å². The van der Waals surface area contributed by atoms with E-state index < -0.39 is 17.8 Å². The highest BCUT2D eigenvalue weighted by Crippen LogP contribution is 2.65. The van der Waals surface area contributed by atoms with Gasteiger partial charge in [-0.2, -0.15) is 11.8 Å². The fraction of sp³-hybridized carbons (Fsp3) is 0.840. The molecular formula is C25H40O3S. The van der Waals surface area contributed by atoms with Crippen LogP contribution in [0.2, 0.25) is 0 Å². The van der Waals surface area contributed by atoms with Crippen LogP contribution in [-0.2, 0) is 0 Å². The Bertz CT molecular complexity index is 693. The van der Waals surface area contributed by atoms with Crippen molar-refractivity contribution in [1.82, 2.24) is 0 Å². The predicted octanol–water partition coefficient (Wildman–Crippen LogP) is 4.71. The van der Waals surface area contributed by atoms with E-state index in [2.05, 4.69) is 26.0 Å². The smallest absolute Gasteiger partial charge is 0.0661 e. The Labute approximate surface area is 181 Å². The largest absolute Gasteiger partial charge is 0.393 e. The van der Waals surface area contributed by atoms with Crippen LogP contribution >= 0.6 is 11.8 Å². The molecule has 29 heavy (non-hydrogen) atoms. The monoisotopic (exact) mass is 420 g/mol. The second-order valence-electron chi connectivity index (χ2n) is 11.3. The molecule has 3 N–H and O–H groups in total. The normalized spacial score (nSPS) is 44.4. The predicted molar refractivity (Wildman–Crippen MR) is 121 cm³/mol. The second kappa shape index (κ2) is 7.69. The third kappa shape index (κ3) is 3.77. The fourth-order valence-corrected chi connectivity index (χ4v) is 8.62. The lowest BCUT2D eigenvalue weighted by Gasteiger charge is -2.56. The van der Waals surface area contributed by atoms with E-state index in [0.29, 0.717) is 23.7 Å². The lowest BCUT2D eigenvalue weighted by molar-refractivity contribution is -0.0521. The number of fused-ring (bicyclic) bond motifs is 5. The molecule has 0 bridgehead atoms. The molecule has 0 aromatic carbocycles. The summed E-state index contributed by atoms with van der Waals surface area (Å²) >= 11 is 2.02. The van der Waals surface area contributed by atoms with E-state index in [0.717, 1.165) is 30.9 Å². The van der Waals surface area contributed by atoms with Crippen LogP contribution in [0.1, 0.15) is 72.6 Å². The van der Waals surface area contributed by atoms with Crippen LogP contribution in [0, 0.1) is 28.6 Å². The van der Waals surface area contributed by atoms with Gasteiger partial charge in [0.2, 0.25) is 0 Å². The van der Waals surface area contributed by atoms with Crippen LogP contribution in [-0.4, -0.2) is 44.6 Å². The molecule has 3 saturated carbocycles. The summed E-state index contributed by atoms with van der Waals surface area (Å²) in [5.41, 5.74) is 2.46. The molecule has 4 heteroatoms. The first-order chi connectivity index (χ1) is 13.6. The van der Waals surface area contributed by atoms with Gasteiger partial charge in [0.05, 0.1) is 17.8 Å². The minimum Gasteiger partial charge on any atom is -0.393 e. The van der Waals surface area contributed by atoms with Gasteiger partial charge in [-0.3, -0.25) is 0 Å². The lowest BCUT2D eigenvalue weighted by Crippen LogP contribution is -2.52. The molecule has 4 aliphatic carbocycles. The summed E-state index contributed by atoms with van der Waals surface area (Å²) in [4.78, 5) is 0. The number of allylic oxidation sites excluding steroid dienone is 3. The van der Waals surface area contributed by atoms with E-state index in [1.54, 1.807) is 5.57 Å². The molecule has 0 heterocycles. The molecule has 0 aromatic heterocycles. The molecule has 4 rings (SSSR count). The minimum atomic E-state index is -0.562. The number of rotatable bonds is 5. The maximum absolute atomic E-state index is 11.0. The van der Waals surface area contributed by atoms with Crippen molar-refractivity contribution in [2.75, 3.05) is 11.5 Å². The standard InChI is InChI=1S/C25H40O3S/c1-23(2,28)11-12-29-15-17-6-8-20-19-7-5-16-13-18(26)14-22(27)25(16,4)21(19)9-10-24(17,20)3/h5,7,17-18,20-22,26-28H,6,8-15H2,1-4H3/t17-,18-,20+,21+,22+,24-,25+/m1/s1. The molecule has 0 amide bonds. The van der Waals surface area contributed by atoms with Crippen LogP contribution in [0.4, 0.5) is 0 Å². The van der Waals surface area contributed by atoms with Crippen molar-refractivity contribution in [3.63, 3.8) is 0 Å². The third-order valence-corrected chi connectivity index (χ3v) is 10.2. The average molecular weight is 421 g/mol. The maximum Gasteiger partial charge on any atom is 0.0661 e. The number of aliphatic hydroxyl groups excluding tert-OH is 2. The van der Waals surface area contributed by atoms with Gasteiger partial charge in [-0.05, 0) is 87.0 Å².